The Hall–Kier alpha value is -4.02. The molecule has 7 rings (SSSR count). The zero-order valence-corrected chi connectivity index (χ0v) is 25.3. The minimum Gasteiger partial charge on any atom is -0.383 e. The van der Waals surface area contributed by atoms with Crippen LogP contribution < -0.4 is 15.8 Å². The maximum atomic E-state index is 13.5. The summed E-state index contributed by atoms with van der Waals surface area (Å²) in [5.74, 6) is 0.927. The second-order valence-electron chi connectivity index (χ2n) is 12.8. The number of benzene rings is 1. The third-order valence-corrected chi connectivity index (χ3v) is 10.1. The molecule has 2 N–H and O–H groups in total. The number of pyridine rings is 1. The number of hydrogen-bond donors (Lipinski definition) is 2. The largest absolute Gasteiger partial charge is 0.383 e. The van der Waals surface area contributed by atoms with Crippen LogP contribution in [0.15, 0.2) is 60.0 Å². The molecule has 224 valence electrons. The van der Waals surface area contributed by atoms with Gasteiger partial charge >= 0.3 is 0 Å². The van der Waals surface area contributed by atoms with E-state index >= 15 is 0 Å². The van der Waals surface area contributed by atoms with Gasteiger partial charge in [0, 0.05) is 42.1 Å². The minimum atomic E-state index is -1.01. The molecule has 1 atom stereocenters. The average Bonchev–Trinajstić information content (AvgIpc) is 3.76. The first-order valence-corrected chi connectivity index (χ1v) is 15.3. The van der Waals surface area contributed by atoms with Crippen molar-refractivity contribution in [3.8, 4) is 5.82 Å². The Bertz CT molecular complexity index is 1740. The quantitative estimate of drug-likeness (QED) is 0.311. The summed E-state index contributed by atoms with van der Waals surface area (Å²) < 4.78 is 3.31. The van der Waals surface area contributed by atoms with Crippen LogP contribution in [0.3, 0.4) is 0 Å². The first-order valence-electron chi connectivity index (χ1n) is 15.3. The predicted octanol–water partition coefficient (Wildman–Crippen LogP) is 4.37. The van der Waals surface area contributed by atoms with Crippen molar-refractivity contribution >= 4 is 28.4 Å². The SMILES string of the molecule is C=CCn1c(=O)c2cnc(Nc3ccc(N4CCC(N(C)C)CC4)cc3)nc2n1-c1ccc2c(n1)C(C)(O)C1(CC2)CC1. The number of anilines is 3. The Morgan fingerprint density at radius 1 is 1.09 bits per heavy atom. The van der Waals surface area contributed by atoms with Gasteiger partial charge in [0.15, 0.2) is 11.5 Å². The average molecular weight is 581 g/mol. The number of piperidine rings is 1. The third-order valence-electron chi connectivity index (χ3n) is 10.1. The number of aromatic nitrogens is 5. The molecular weight excluding hydrogens is 540 g/mol. The van der Waals surface area contributed by atoms with Gasteiger partial charge in [0.1, 0.15) is 11.0 Å². The standard InChI is InChI=1S/C33H40N8O2/c1-5-18-40-30(42)26-21-34-31(35-23-7-9-25(10-8-23)39-19-13-24(14-20-39)38(3)4)37-29(26)41(40)27-11-6-22-12-15-33(16-17-33)32(2,43)28(22)36-27/h5-11,21,24,43H,1,12-20H2,2-4H3,(H,34,35,37). The van der Waals surface area contributed by atoms with Crippen LogP contribution in [0.5, 0.6) is 0 Å². The number of nitrogens with zero attached hydrogens (tertiary/aromatic N) is 7. The van der Waals surface area contributed by atoms with Gasteiger partial charge in [-0.2, -0.15) is 4.98 Å². The lowest BCUT2D eigenvalue weighted by Gasteiger charge is -2.38. The summed E-state index contributed by atoms with van der Waals surface area (Å²) in [7, 11) is 4.32. The van der Waals surface area contributed by atoms with Gasteiger partial charge in [0.25, 0.3) is 5.56 Å². The Kier molecular flexibility index (Phi) is 6.66. The first-order chi connectivity index (χ1) is 20.7. The van der Waals surface area contributed by atoms with Crippen LogP contribution in [0.2, 0.25) is 0 Å². The summed E-state index contributed by atoms with van der Waals surface area (Å²) in [6.07, 6.45) is 9.46. The van der Waals surface area contributed by atoms with Gasteiger partial charge in [-0.25, -0.2) is 19.3 Å². The molecule has 1 unspecified atom stereocenters. The molecule has 0 bridgehead atoms. The molecule has 4 heterocycles. The highest BCUT2D eigenvalue weighted by molar-refractivity contribution is 5.77. The molecule has 1 aromatic carbocycles. The van der Waals surface area contributed by atoms with Gasteiger partial charge in [-0.3, -0.25) is 4.79 Å². The Morgan fingerprint density at radius 2 is 1.84 bits per heavy atom. The zero-order valence-electron chi connectivity index (χ0n) is 25.3. The van der Waals surface area contributed by atoms with E-state index in [2.05, 4.69) is 52.9 Å². The zero-order chi connectivity index (χ0) is 29.9. The normalized spacial score (nSPS) is 21.4. The van der Waals surface area contributed by atoms with Gasteiger partial charge in [-0.15, -0.1) is 6.58 Å². The van der Waals surface area contributed by atoms with E-state index in [4.69, 9.17) is 9.97 Å². The van der Waals surface area contributed by atoms with Crippen LogP contribution in [0.25, 0.3) is 16.9 Å². The Labute approximate surface area is 251 Å². The van der Waals surface area contributed by atoms with Gasteiger partial charge < -0.3 is 20.2 Å². The second kappa shape index (κ2) is 10.3. The number of nitrogens with one attached hydrogen (secondary N) is 1. The van der Waals surface area contributed by atoms with Crippen molar-refractivity contribution in [1.82, 2.24) is 29.2 Å². The van der Waals surface area contributed by atoms with Crippen LogP contribution in [-0.4, -0.2) is 67.5 Å². The fourth-order valence-corrected chi connectivity index (χ4v) is 7.11. The molecule has 3 aliphatic rings. The van der Waals surface area contributed by atoms with Crippen molar-refractivity contribution < 1.29 is 5.11 Å². The van der Waals surface area contributed by atoms with E-state index < -0.39 is 5.60 Å². The minimum absolute atomic E-state index is 0.0946. The van der Waals surface area contributed by atoms with Gasteiger partial charge in [0.2, 0.25) is 5.95 Å². The van der Waals surface area contributed by atoms with Crippen molar-refractivity contribution in [2.75, 3.05) is 37.4 Å². The molecule has 1 saturated carbocycles. The van der Waals surface area contributed by atoms with E-state index in [0.717, 1.165) is 62.9 Å². The van der Waals surface area contributed by atoms with E-state index in [0.29, 0.717) is 34.5 Å². The highest BCUT2D eigenvalue weighted by atomic mass is 16.3. The van der Waals surface area contributed by atoms with E-state index in [9.17, 15) is 9.90 Å². The lowest BCUT2D eigenvalue weighted by molar-refractivity contribution is -0.0371. The molecule has 2 fully saturated rings. The van der Waals surface area contributed by atoms with Crippen LogP contribution in [0.4, 0.5) is 17.3 Å². The number of hydrogen-bond acceptors (Lipinski definition) is 8. The van der Waals surface area contributed by atoms with Gasteiger partial charge in [-0.05, 0) is 95.4 Å². The maximum absolute atomic E-state index is 13.5. The summed E-state index contributed by atoms with van der Waals surface area (Å²) in [6, 6.07) is 12.9. The van der Waals surface area contributed by atoms with E-state index in [-0.39, 0.29) is 17.5 Å². The van der Waals surface area contributed by atoms with Crippen molar-refractivity contribution in [2.45, 2.75) is 63.6 Å². The molecule has 1 aliphatic heterocycles. The summed E-state index contributed by atoms with van der Waals surface area (Å²) in [4.78, 5) is 32.5. The fraction of sp³-hybridized carbons (Fsp3) is 0.455. The number of fused-ring (bicyclic) bond motifs is 2. The summed E-state index contributed by atoms with van der Waals surface area (Å²) in [6.45, 7) is 8.12. The first kappa shape index (κ1) is 27.8. The van der Waals surface area contributed by atoms with E-state index in [1.807, 2.05) is 31.2 Å². The van der Waals surface area contributed by atoms with E-state index in [1.165, 1.54) is 5.69 Å². The molecule has 10 nitrogen and oxygen atoms in total. The monoisotopic (exact) mass is 580 g/mol. The molecule has 1 saturated heterocycles. The van der Waals surface area contributed by atoms with Gasteiger partial charge in [0.05, 0.1) is 12.2 Å². The Balaban J connectivity index is 1.21. The van der Waals surface area contributed by atoms with Crippen molar-refractivity contribution in [2.24, 2.45) is 5.41 Å². The highest BCUT2D eigenvalue weighted by Gasteiger charge is 2.59. The third kappa shape index (κ3) is 4.64. The summed E-state index contributed by atoms with van der Waals surface area (Å²) in [5.41, 5.74) is 2.96. The number of aliphatic hydroxyl groups is 1. The molecular formula is C33H40N8O2. The van der Waals surface area contributed by atoms with E-state index in [1.54, 1.807) is 21.6 Å². The molecule has 2 aliphatic carbocycles. The second-order valence-corrected chi connectivity index (χ2v) is 12.8. The summed E-state index contributed by atoms with van der Waals surface area (Å²) in [5, 5.41) is 15.3. The van der Waals surface area contributed by atoms with Crippen molar-refractivity contribution in [1.29, 1.82) is 0 Å². The van der Waals surface area contributed by atoms with Gasteiger partial charge in [-0.1, -0.05) is 12.1 Å². The smallest absolute Gasteiger partial charge is 0.278 e. The van der Waals surface area contributed by atoms with Crippen molar-refractivity contribution in [3.63, 3.8) is 0 Å². The molecule has 10 heteroatoms. The van der Waals surface area contributed by atoms with Crippen LogP contribution >= 0.6 is 0 Å². The molecule has 1 spiro atoms. The van der Waals surface area contributed by atoms with Crippen LogP contribution in [-0.2, 0) is 18.6 Å². The number of allylic oxidation sites excluding steroid dienone is 1. The Morgan fingerprint density at radius 3 is 2.51 bits per heavy atom. The fourth-order valence-electron chi connectivity index (χ4n) is 7.11. The molecule has 0 radical (unpaired) electrons. The molecule has 4 aromatic rings. The predicted molar refractivity (Wildman–Crippen MR) is 169 cm³/mol. The van der Waals surface area contributed by atoms with Crippen molar-refractivity contribution in [3.05, 3.63) is 76.9 Å². The van der Waals surface area contributed by atoms with Crippen LogP contribution in [0, 0.1) is 5.41 Å². The molecule has 0 amide bonds. The van der Waals surface area contributed by atoms with Crippen LogP contribution in [0.1, 0.15) is 50.3 Å². The molecule has 43 heavy (non-hydrogen) atoms. The summed E-state index contributed by atoms with van der Waals surface area (Å²) >= 11 is 0. The maximum Gasteiger partial charge on any atom is 0.278 e. The topological polar surface area (TPSA) is 104 Å². The number of aryl methyl sites for hydroxylation is 1. The molecule has 3 aromatic heterocycles. The lowest BCUT2D eigenvalue weighted by Crippen LogP contribution is -2.41. The highest BCUT2D eigenvalue weighted by Crippen LogP contribution is 2.63. The lowest BCUT2D eigenvalue weighted by atomic mass is 9.72. The number of rotatable bonds is 7.